The van der Waals surface area contributed by atoms with Crippen LogP contribution in [0.25, 0.3) is 0 Å². The molecule has 0 bridgehead atoms. The van der Waals surface area contributed by atoms with Gasteiger partial charge in [0.05, 0.1) is 16.6 Å². The third kappa shape index (κ3) is 3.17. The van der Waals surface area contributed by atoms with E-state index in [2.05, 4.69) is 0 Å². The first-order valence-electron chi connectivity index (χ1n) is 7.16. The molecule has 1 aromatic rings. The molecule has 0 aromatic heterocycles. The summed E-state index contributed by atoms with van der Waals surface area (Å²) < 4.78 is 0. The normalized spacial score (nSPS) is 14.8. The summed E-state index contributed by atoms with van der Waals surface area (Å²) in [6.45, 7) is 5.92. The molecule has 0 atom stereocenters. The fourth-order valence-corrected chi connectivity index (χ4v) is 2.54. The van der Waals surface area contributed by atoms with Crippen molar-refractivity contribution >= 4 is 17.3 Å². The number of nitrogens with zero attached hydrogens (tertiary/aromatic N) is 4. The van der Waals surface area contributed by atoms with Crippen molar-refractivity contribution in [2.45, 2.75) is 13.8 Å². The van der Waals surface area contributed by atoms with Gasteiger partial charge in [0.25, 0.3) is 5.69 Å². The maximum absolute atomic E-state index is 12.0. The number of anilines is 1. The molecule has 0 unspecified atom stereocenters. The van der Waals surface area contributed by atoms with E-state index in [0.29, 0.717) is 31.9 Å². The second kappa shape index (κ2) is 6.43. The van der Waals surface area contributed by atoms with E-state index in [1.54, 1.807) is 17.0 Å². The van der Waals surface area contributed by atoms with Crippen molar-refractivity contribution in [1.82, 2.24) is 4.90 Å². The Morgan fingerprint density at radius 2 is 1.95 bits per heavy atom. The van der Waals surface area contributed by atoms with Gasteiger partial charge < -0.3 is 9.80 Å². The van der Waals surface area contributed by atoms with E-state index in [9.17, 15) is 14.9 Å². The summed E-state index contributed by atoms with van der Waals surface area (Å²) in [4.78, 5) is 26.4. The number of rotatable bonds is 3. The van der Waals surface area contributed by atoms with E-state index in [4.69, 9.17) is 5.26 Å². The van der Waals surface area contributed by atoms with Crippen LogP contribution >= 0.6 is 0 Å². The van der Waals surface area contributed by atoms with Gasteiger partial charge in [0.1, 0.15) is 5.69 Å². The van der Waals surface area contributed by atoms with Crippen molar-refractivity contribution < 1.29 is 9.72 Å². The molecule has 1 heterocycles. The Morgan fingerprint density at radius 1 is 1.32 bits per heavy atom. The summed E-state index contributed by atoms with van der Waals surface area (Å²) in [5, 5.41) is 20.1. The van der Waals surface area contributed by atoms with Crippen LogP contribution in [0.5, 0.6) is 0 Å². The molecule has 2 rings (SSSR count). The zero-order chi connectivity index (χ0) is 16.3. The zero-order valence-electron chi connectivity index (χ0n) is 12.7. The Labute approximate surface area is 128 Å². The summed E-state index contributed by atoms with van der Waals surface area (Å²) >= 11 is 0. The number of amides is 1. The summed E-state index contributed by atoms with van der Waals surface area (Å²) in [6.07, 6.45) is 0. The minimum atomic E-state index is -0.470. The van der Waals surface area contributed by atoms with E-state index in [1.807, 2.05) is 24.8 Å². The van der Waals surface area contributed by atoms with Crippen LogP contribution in [0, 0.1) is 27.4 Å². The first-order chi connectivity index (χ1) is 10.4. The Kier molecular flexibility index (Phi) is 4.61. The van der Waals surface area contributed by atoms with Gasteiger partial charge >= 0.3 is 0 Å². The standard InChI is InChI=1S/C15H18N4O3/c1-11(2)15(20)18-7-5-17(6-8-18)13-4-3-12(10-16)9-14(13)19(21)22/h3-4,9,11H,5-8H2,1-2H3. The highest BCUT2D eigenvalue weighted by atomic mass is 16.6. The molecule has 116 valence electrons. The van der Waals surface area contributed by atoms with Crippen LogP contribution in [0.3, 0.4) is 0 Å². The molecule has 1 aliphatic heterocycles. The molecule has 22 heavy (non-hydrogen) atoms. The SMILES string of the molecule is CC(C)C(=O)N1CCN(c2ccc(C#N)cc2[N+](=O)[O-])CC1. The van der Waals surface area contributed by atoms with E-state index < -0.39 is 4.92 Å². The molecule has 7 heteroatoms. The maximum Gasteiger partial charge on any atom is 0.293 e. The number of benzene rings is 1. The van der Waals surface area contributed by atoms with Gasteiger partial charge in [-0.2, -0.15) is 5.26 Å². The fraction of sp³-hybridized carbons (Fsp3) is 0.467. The average molecular weight is 302 g/mol. The maximum atomic E-state index is 12.0. The molecule has 1 aliphatic rings. The lowest BCUT2D eigenvalue weighted by Gasteiger charge is -2.36. The summed E-state index contributed by atoms with van der Waals surface area (Å²) in [6, 6.07) is 6.39. The van der Waals surface area contributed by atoms with Crippen LogP contribution in [0.2, 0.25) is 0 Å². The van der Waals surface area contributed by atoms with Crippen LogP contribution < -0.4 is 4.90 Å². The van der Waals surface area contributed by atoms with Crippen LogP contribution in [0.1, 0.15) is 19.4 Å². The summed E-state index contributed by atoms with van der Waals surface area (Å²) in [7, 11) is 0. The first kappa shape index (κ1) is 15.8. The van der Waals surface area contributed by atoms with Crippen molar-refractivity contribution in [3.8, 4) is 6.07 Å². The lowest BCUT2D eigenvalue weighted by atomic mass is 10.1. The monoisotopic (exact) mass is 302 g/mol. The van der Waals surface area contributed by atoms with Crippen LogP contribution in [-0.2, 0) is 4.79 Å². The summed E-state index contributed by atoms with van der Waals surface area (Å²) in [5.41, 5.74) is 0.701. The Bertz CT molecular complexity index is 628. The molecular formula is C15H18N4O3. The van der Waals surface area contributed by atoms with Gasteiger partial charge in [0.15, 0.2) is 0 Å². The van der Waals surface area contributed by atoms with Gasteiger partial charge in [-0.15, -0.1) is 0 Å². The van der Waals surface area contributed by atoms with Crippen molar-refractivity contribution in [1.29, 1.82) is 5.26 Å². The molecule has 1 saturated heterocycles. The van der Waals surface area contributed by atoms with Crippen LogP contribution in [0.15, 0.2) is 18.2 Å². The molecule has 0 saturated carbocycles. The third-order valence-corrected chi connectivity index (χ3v) is 3.73. The minimum absolute atomic E-state index is 0.0456. The number of carbonyl (C=O) groups is 1. The number of nitro groups is 1. The second-order valence-electron chi connectivity index (χ2n) is 5.54. The fourth-order valence-electron chi connectivity index (χ4n) is 2.54. The topological polar surface area (TPSA) is 90.5 Å². The van der Waals surface area contributed by atoms with Crippen LogP contribution in [0.4, 0.5) is 11.4 Å². The number of carbonyl (C=O) groups excluding carboxylic acids is 1. The van der Waals surface area contributed by atoms with Crippen molar-refractivity contribution in [3.63, 3.8) is 0 Å². The zero-order valence-corrected chi connectivity index (χ0v) is 12.7. The van der Waals surface area contributed by atoms with Gasteiger partial charge in [-0.05, 0) is 12.1 Å². The lowest BCUT2D eigenvalue weighted by Crippen LogP contribution is -2.50. The lowest BCUT2D eigenvalue weighted by molar-refractivity contribution is -0.384. The van der Waals surface area contributed by atoms with E-state index in [-0.39, 0.29) is 23.1 Å². The number of nitriles is 1. The molecular weight excluding hydrogens is 284 g/mol. The smallest absolute Gasteiger partial charge is 0.293 e. The highest BCUT2D eigenvalue weighted by Gasteiger charge is 2.26. The van der Waals surface area contributed by atoms with Gasteiger partial charge in [-0.25, -0.2) is 0 Å². The predicted molar refractivity (Wildman–Crippen MR) is 81.4 cm³/mol. The van der Waals surface area contributed by atoms with Gasteiger partial charge in [0, 0.05) is 38.2 Å². The Morgan fingerprint density at radius 3 is 2.45 bits per heavy atom. The van der Waals surface area contributed by atoms with E-state index >= 15 is 0 Å². The highest BCUT2D eigenvalue weighted by Crippen LogP contribution is 2.30. The van der Waals surface area contributed by atoms with E-state index in [0.717, 1.165) is 0 Å². The van der Waals surface area contributed by atoms with Gasteiger partial charge in [-0.1, -0.05) is 13.8 Å². The molecule has 0 N–H and O–H groups in total. The molecule has 7 nitrogen and oxygen atoms in total. The summed E-state index contributed by atoms with van der Waals surface area (Å²) in [5.74, 6) is 0.0600. The molecule has 1 fully saturated rings. The molecule has 1 aromatic carbocycles. The van der Waals surface area contributed by atoms with Crippen molar-refractivity contribution in [2.75, 3.05) is 31.1 Å². The quantitative estimate of drug-likeness (QED) is 0.627. The predicted octanol–water partition coefficient (Wildman–Crippen LogP) is 1.77. The van der Waals surface area contributed by atoms with Gasteiger partial charge in [0.2, 0.25) is 5.91 Å². The molecule has 0 spiro atoms. The molecule has 1 amide bonds. The van der Waals surface area contributed by atoms with E-state index in [1.165, 1.54) is 6.07 Å². The number of hydrogen-bond donors (Lipinski definition) is 0. The average Bonchev–Trinajstić information content (AvgIpc) is 2.53. The minimum Gasteiger partial charge on any atom is -0.362 e. The van der Waals surface area contributed by atoms with Crippen LogP contribution in [-0.4, -0.2) is 41.9 Å². The first-order valence-corrected chi connectivity index (χ1v) is 7.16. The second-order valence-corrected chi connectivity index (χ2v) is 5.54. The molecule has 0 aliphatic carbocycles. The largest absolute Gasteiger partial charge is 0.362 e. The Balaban J connectivity index is 2.16. The van der Waals surface area contributed by atoms with Crippen molar-refractivity contribution in [2.24, 2.45) is 5.92 Å². The number of nitro benzene ring substituents is 1. The van der Waals surface area contributed by atoms with Crippen molar-refractivity contribution in [3.05, 3.63) is 33.9 Å². The van der Waals surface area contributed by atoms with Gasteiger partial charge in [-0.3, -0.25) is 14.9 Å². The number of piperazine rings is 1. The molecule has 0 radical (unpaired) electrons. The highest BCUT2D eigenvalue weighted by molar-refractivity contribution is 5.78. The third-order valence-electron chi connectivity index (χ3n) is 3.73. The number of hydrogen-bond acceptors (Lipinski definition) is 5. The Hall–Kier alpha value is -2.62.